The lowest BCUT2D eigenvalue weighted by Crippen LogP contribution is -2.57. The summed E-state index contributed by atoms with van der Waals surface area (Å²) in [5.74, 6) is -5.77. The molecule has 0 bridgehead atoms. The lowest BCUT2D eigenvalue weighted by molar-refractivity contribution is -0.193. The lowest BCUT2D eigenvalue weighted by Gasteiger charge is -2.43. The third-order valence-electron chi connectivity index (χ3n) is 6.83. The van der Waals surface area contributed by atoms with E-state index < -0.39 is 24.3 Å². The maximum Gasteiger partial charge on any atom is 0.490 e. The molecule has 0 aromatic heterocycles. The van der Waals surface area contributed by atoms with Gasteiger partial charge in [-0.2, -0.15) is 26.3 Å². The van der Waals surface area contributed by atoms with Crippen molar-refractivity contribution in [1.29, 1.82) is 0 Å². The van der Waals surface area contributed by atoms with E-state index in [1.807, 2.05) is 0 Å². The molecule has 4 saturated heterocycles. The van der Waals surface area contributed by atoms with Crippen molar-refractivity contribution in [2.45, 2.75) is 50.1 Å². The van der Waals surface area contributed by atoms with Gasteiger partial charge in [0.25, 0.3) is 0 Å². The molecule has 4 heterocycles. The van der Waals surface area contributed by atoms with Gasteiger partial charge in [0.05, 0.1) is 11.8 Å². The van der Waals surface area contributed by atoms with Crippen molar-refractivity contribution >= 4 is 23.8 Å². The fourth-order valence-electron chi connectivity index (χ4n) is 4.49. The molecule has 0 spiro atoms. The number of carbonyl (C=O) groups is 4. The molecule has 0 aliphatic carbocycles. The Kier molecular flexibility index (Phi) is 14.1. The number of nitrogens with two attached hydrogens (primary N) is 2. The van der Waals surface area contributed by atoms with Gasteiger partial charge in [-0.1, -0.05) is 0 Å². The van der Waals surface area contributed by atoms with Crippen molar-refractivity contribution in [1.82, 2.24) is 20.4 Å². The number of nitrogens with zero attached hydrogens (tertiary/aromatic N) is 2. The Morgan fingerprint density at radius 1 is 0.650 bits per heavy atom. The van der Waals surface area contributed by atoms with Crippen LogP contribution in [-0.2, 0) is 19.2 Å². The Bertz CT molecular complexity index is 785. The van der Waals surface area contributed by atoms with Gasteiger partial charge < -0.3 is 32.3 Å². The number of hydrogen-bond donors (Lipinski definition) is 6. The lowest BCUT2D eigenvalue weighted by atomic mass is 9.89. The number of alkyl halides is 6. The average molecular weight is 595 g/mol. The van der Waals surface area contributed by atoms with Crippen LogP contribution in [0.25, 0.3) is 0 Å². The van der Waals surface area contributed by atoms with Gasteiger partial charge in [0.15, 0.2) is 0 Å². The van der Waals surface area contributed by atoms with Gasteiger partial charge in [0.2, 0.25) is 11.8 Å². The number of likely N-dealkylation sites (tertiary alicyclic amines) is 2. The normalized spacial score (nSPS) is 26.9. The summed E-state index contributed by atoms with van der Waals surface area (Å²) < 4.78 is 63.5. The minimum absolute atomic E-state index is 0.0223. The first kappa shape index (κ1) is 35.3. The first-order chi connectivity index (χ1) is 18.5. The van der Waals surface area contributed by atoms with E-state index in [4.69, 9.17) is 31.3 Å². The highest BCUT2D eigenvalue weighted by molar-refractivity contribution is 5.78. The Balaban J connectivity index is 0.000000280. The first-order valence-electron chi connectivity index (χ1n) is 12.5. The van der Waals surface area contributed by atoms with Crippen LogP contribution in [0, 0.1) is 11.8 Å². The van der Waals surface area contributed by atoms with E-state index in [0.29, 0.717) is 12.1 Å². The monoisotopic (exact) mass is 594 g/mol. The van der Waals surface area contributed by atoms with Crippen LogP contribution >= 0.6 is 0 Å². The molecular weight excluding hydrogens is 558 g/mol. The molecule has 40 heavy (non-hydrogen) atoms. The number of piperidine rings is 2. The van der Waals surface area contributed by atoms with Crippen molar-refractivity contribution in [2.75, 3.05) is 52.4 Å². The van der Waals surface area contributed by atoms with E-state index in [1.165, 1.54) is 12.8 Å². The molecule has 0 aromatic carbocycles. The molecule has 0 unspecified atom stereocenters. The summed E-state index contributed by atoms with van der Waals surface area (Å²) >= 11 is 0. The van der Waals surface area contributed by atoms with Crippen LogP contribution in [0.2, 0.25) is 0 Å². The molecule has 0 saturated carbocycles. The van der Waals surface area contributed by atoms with Crippen molar-refractivity contribution in [2.24, 2.45) is 23.3 Å². The van der Waals surface area contributed by atoms with Gasteiger partial charge in [-0.3, -0.25) is 19.4 Å². The zero-order valence-electron chi connectivity index (χ0n) is 21.6. The van der Waals surface area contributed by atoms with Crippen LogP contribution < -0.4 is 22.1 Å². The second-order valence-electron chi connectivity index (χ2n) is 9.52. The number of primary amides is 2. The van der Waals surface area contributed by atoms with Crippen LogP contribution in [0.5, 0.6) is 0 Å². The summed E-state index contributed by atoms with van der Waals surface area (Å²) in [5, 5.41) is 20.7. The minimum Gasteiger partial charge on any atom is -0.475 e. The van der Waals surface area contributed by atoms with E-state index in [1.54, 1.807) is 0 Å². The van der Waals surface area contributed by atoms with Crippen molar-refractivity contribution in [3.8, 4) is 0 Å². The molecule has 4 fully saturated rings. The number of halogens is 6. The standard InChI is InChI=1S/2C9H17N3O.2C2HF3O2/c2*10-9(13)7-6-11-3-2-8(7)12-4-1-5-12;2*3-2(4,5)1(6)7/h2*7-8,11H,1-6H2,(H2,10,13);2*(H,6,7)/t2*7-,8+;;/m00../s1. The number of hydrogen-bond acceptors (Lipinski definition) is 8. The third-order valence-corrected chi connectivity index (χ3v) is 6.83. The SMILES string of the molecule is NC(=O)[C@H]1CNCC[C@H]1N1CCC1.NC(=O)[C@H]1CNCC[C@H]1N1CCC1.O=C(O)C(F)(F)F.O=C(O)C(F)(F)F. The van der Waals surface area contributed by atoms with Gasteiger partial charge >= 0.3 is 24.3 Å². The predicted octanol–water partition coefficient (Wildman–Crippen LogP) is -0.422. The minimum atomic E-state index is -5.08. The summed E-state index contributed by atoms with van der Waals surface area (Å²) in [4.78, 5) is 44.9. The Morgan fingerprint density at radius 2 is 0.925 bits per heavy atom. The zero-order chi connectivity index (χ0) is 30.7. The fourth-order valence-corrected chi connectivity index (χ4v) is 4.49. The number of carbonyl (C=O) groups excluding carboxylic acids is 2. The van der Waals surface area contributed by atoms with Crippen LogP contribution in [0.4, 0.5) is 26.3 Å². The average Bonchev–Trinajstić information content (AvgIpc) is 2.77. The Morgan fingerprint density at radius 3 is 1.10 bits per heavy atom. The maximum absolute atomic E-state index is 11.2. The summed E-state index contributed by atoms with van der Waals surface area (Å²) in [7, 11) is 0. The molecule has 0 aromatic rings. The van der Waals surface area contributed by atoms with Gasteiger partial charge in [0, 0.05) is 25.2 Å². The molecule has 18 heteroatoms. The van der Waals surface area contributed by atoms with Crippen molar-refractivity contribution in [3.63, 3.8) is 0 Å². The number of nitrogens with one attached hydrogen (secondary N) is 2. The van der Waals surface area contributed by atoms with Crippen molar-refractivity contribution < 1.29 is 55.7 Å². The molecule has 2 amide bonds. The molecule has 4 atom stereocenters. The quantitative estimate of drug-likeness (QED) is 0.233. The highest BCUT2D eigenvalue weighted by Gasteiger charge is 2.39. The zero-order valence-corrected chi connectivity index (χ0v) is 21.6. The maximum atomic E-state index is 11.2. The Hall–Kier alpha value is -2.70. The second kappa shape index (κ2) is 15.9. The molecule has 0 radical (unpaired) electrons. The smallest absolute Gasteiger partial charge is 0.475 e. The number of amides is 2. The number of aliphatic carboxylic acids is 2. The highest BCUT2D eigenvalue weighted by atomic mass is 19.4. The van der Waals surface area contributed by atoms with Crippen LogP contribution in [0.3, 0.4) is 0 Å². The number of carboxylic acid groups (broad SMARTS) is 2. The summed E-state index contributed by atoms with van der Waals surface area (Å²) in [6, 6.07) is 0.819. The molecule has 4 aliphatic rings. The molecule has 232 valence electrons. The number of carboxylic acids is 2. The largest absolute Gasteiger partial charge is 0.490 e. The first-order valence-corrected chi connectivity index (χ1v) is 12.5. The molecule has 8 N–H and O–H groups in total. The van der Waals surface area contributed by atoms with E-state index in [0.717, 1.165) is 65.2 Å². The van der Waals surface area contributed by atoms with E-state index in [-0.39, 0.29) is 23.7 Å². The van der Waals surface area contributed by atoms with Crippen LogP contribution in [0.1, 0.15) is 25.7 Å². The van der Waals surface area contributed by atoms with Crippen LogP contribution in [0.15, 0.2) is 0 Å². The van der Waals surface area contributed by atoms with E-state index >= 15 is 0 Å². The van der Waals surface area contributed by atoms with Gasteiger partial charge in [-0.15, -0.1) is 0 Å². The Labute approximate surface area is 226 Å². The third kappa shape index (κ3) is 11.8. The molecular formula is C22H36F6N6O6. The topological polar surface area (TPSA) is 191 Å². The summed E-state index contributed by atoms with van der Waals surface area (Å²) in [5.41, 5.74) is 10.7. The van der Waals surface area contributed by atoms with Crippen molar-refractivity contribution in [3.05, 3.63) is 0 Å². The van der Waals surface area contributed by atoms with E-state index in [9.17, 15) is 35.9 Å². The highest BCUT2D eigenvalue weighted by Crippen LogP contribution is 2.23. The molecule has 12 nitrogen and oxygen atoms in total. The second-order valence-corrected chi connectivity index (χ2v) is 9.52. The van der Waals surface area contributed by atoms with Gasteiger partial charge in [-0.05, 0) is 65.0 Å². The molecule has 4 aliphatic heterocycles. The molecule has 4 rings (SSSR count). The van der Waals surface area contributed by atoms with Crippen LogP contribution in [-0.4, -0.2) is 121 Å². The summed E-state index contributed by atoms with van der Waals surface area (Å²) in [6.07, 6.45) is -5.49. The van der Waals surface area contributed by atoms with E-state index in [2.05, 4.69) is 20.4 Å². The predicted molar refractivity (Wildman–Crippen MR) is 128 cm³/mol. The summed E-state index contributed by atoms with van der Waals surface area (Å²) in [6.45, 7) is 8.15. The van der Waals surface area contributed by atoms with Gasteiger partial charge in [0.1, 0.15) is 0 Å². The van der Waals surface area contributed by atoms with Gasteiger partial charge in [-0.25, -0.2) is 9.59 Å². The number of rotatable bonds is 4. The fraction of sp³-hybridized carbons (Fsp3) is 0.818.